The molecule has 1 spiro atoms. The molecule has 0 unspecified atom stereocenters. The topological polar surface area (TPSA) is 60.0 Å². The van der Waals surface area contributed by atoms with Crippen molar-refractivity contribution in [1.82, 2.24) is 10.2 Å². The largest absolute Gasteiger partial charge is 0.381 e. The first-order valence-electron chi connectivity index (χ1n) is 9.25. The molecule has 2 amide bonds. The monoisotopic (exact) mass is 346 g/mol. The molecule has 1 N–H and O–H groups in total. The first-order valence-corrected chi connectivity index (χ1v) is 9.25. The lowest BCUT2D eigenvalue weighted by molar-refractivity contribution is -0.210. The van der Waals surface area contributed by atoms with Crippen molar-refractivity contribution in [2.75, 3.05) is 32.9 Å². The Morgan fingerprint density at radius 2 is 2.04 bits per heavy atom. The lowest BCUT2D eigenvalue weighted by Crippen LogP contribution is -2.44. The summed E-state index contributed by atoms with van der Waals surface area (Å²) in [4.78, 5) is 14.6. The Kier molecular flexibility index (Phi) is 4.92. The Morgan fingerprint density at radius 3 is 2.84 bits per heavy atom. The summed E-state index contributed by atoms with van der Waals surface area (Å²) in [5.41, 5.74) is 1.21. The van der Waals surface area contributed by atoms with Gasteiger partial charge in [0.25, 0.3) is 0 Å². The predicted molar refractivity (Wildman–Crippen MR) is 92.1 cm³/mol. The van der Waals surface area contributed by atoms with Gasteiger partial charge in [-0.1, -0.05) is 30.3 Å². The number of likely N-dealkylation sites (tertiary alicyclic amines) is 1. The lowest BCUT2D eigenvalue weighted by Gasteiger charge is -2.31. The van der Waals surface area contributed by atoms with Gasteiger partial charge >= 0.3 is 6.03 Å². The molecule has 6 heteroatoms. The van der Waals surface area contributed by atoms with Crippen LogP contribution in [-0.2, 0) is 14.2 Å². The molecule has 1 aromatic rings. The van der Waals surface area contributed by atoms with Crippen LogP contribution in [0.3, 0.4) is 0 Å². The molecular formula is C19H26N2O4. The number of ether oxygens (including phenoxy) is 3. The molecule has 3 aliphatic rings. The standard InChI is InChI=1S/C19H26N2O4/c22-18(21-10-4-7-17(21)15-5-2-1-3-6-15)20-13-16-14-24-19(25-16)8-11-23-12-9-19/h1-3,5-6,16-17H,4,7-14H2,(H,20,22)/t16-,17-/m1/s1. The van der Waals surface area contributed by atoms with Gasteiger partial charge in [-0.15, -0.1) is 0 Å². The van der Waals surface area contributed by atoms with Gasteiger partial charge in [-0.05, 0) is 18.4 Å². The van der Waals surface area contributed by atoms with Crippen molar-refractivity contribution in [1.29, 1.82) is 0 Å². The fraction of sp³-hybridized carbons (Fsp3) is 0.632. The molecule has 25 heavy (non-hydrogen) atoms. The molecular weight excluding hydrogens is 320 g/mol. The highest BCUT2D eigenvalue weighted by Gasteiger charge is 2.43. The molecule has 4 rings (SSSR count). The first kappa shape index (κ1) is 16.8. The molecule has 6 nitrogen and oxygen atoms in total. The van der Waals surface area contributed by atoms with Crippen molar-refractivity contribution in [3.05, 3.63) is 35.9 Å². The molecule has 0 radical (unpaired) electrons. The normalized spacial score (nSPS) is 28.4. The van der Waals surface area contributed by atoms with E-state index >= 15 is 0 Å². The summed E-state index contributed by atoms with van der Waals surface area (Å²) in [5, 5.41) is 3.04. The van der Waals surface area contributed by atoms with Crippen molar-refractivity contribution < 1.29 is 19.0 Å². The third-order valence-corrected chi connectivity index (χ3v) is 5.35. The zero-order valence-corrected chi connectivity index (χ0v) is 14.5. The summed E-state index contributed by atoms with van der Waals surface area (Å²) >= 11 is 0. The van der Waals surface area contributed by atoms with Gasteiger partial charge in [-0.3, -0.25) is 0 Å². The smallest absolute Gasteiger partial charge is 0.318 e. The van der Waals surface area contributed by atoms with E-state index in [1.165, 1.54) is 5.56 Å². The van der Waals surface area contributed by atoms with E-state index in [2.05, 4.69) is 17.4 Å². The van der Waals surface area contributed by atoms with E-state index in [1.807, 2.05) is 23.1 Å². The molecule has 3 aliphatic heterocycles. The van der Waals surface area contributed by atoms with Gasteiger partial charge in [-0.2, -0.15) is 0 Å². The molecule has 1 aromatic carbocycles. The number of rotatable bonds is 3. The second kappa shape index (κ2) is 7.32. The van der Waals surface area contributed by atoms with Crippen LogP contribution in [0.25, 0.3) is 0 Å². The highest BCUT2D eigenvalue weighted by atomic mass is 16.7. The summed E-state index contributed by atoms with van der Waals surface area (Å²) in [6, 6.07) is 10.4. The van der Waals surface area contributed by atoms with E-state index in [0.717, 1.165) is 32.2 Å². The van der Waals surface area contributed by atoms with Gasteiger partial charge in [0, 0.05) is 25.9 Å². The maximum Gasteiger partial charge on any atom is 0.318 e. The van der Waals surface area contributed by atoms with E-state index < -0.39 is 5.79 Å². The molecule has 2 atom stereocenters. The van der Waals surface area contributed by atoms with Crippen molar-refractivity contribution >= 4 is 6.03 Å². The van der Waals surface area contributed by atoms with Crippen LogP contribution in [0.15, 0.2) is 30.3 Å². The van der Waals surface area contributed by atoms with Crippen LogP contribution in [0.2, 0.25) is 0 Å². The van der Waals surface area contributed by atoms with Crippen LogP contribution in [0.4, 0.5) is 4.79 Å². The van der Waals surface area contributed by atoms with Gasteiger partial charge in [0.15, 0.2) is 5.79 Å². The average molecular weight is 346 g/mol. The van der Waals surface area contributed by atoms with Gasteiger partial charge in [0.2, 0.25) is 0 Å². The molecule has 136 valence electrons. The second-order valence-corrected chi connectivity index (χ2v) is 7.02. The number of carbonyl (C=O) groups is 1. The number of nitrogens with zero attached hydrogens (tertiary/aromatic N) is 1. The molecule has 3 heterocycles. The third-order valence-electron chi connectivity index (χ3n) is 5.35. The van der Waals surface area contributed by atoms with Crippen LogP contribution in [0.1, 0.15) is 37.3 Å². The molecule has 0 aromatic heterocycles. The lowest BCUT2D eigenvalue weighted by atomic mass is 10.1. The minimum absolute atomic E-state index is 0.0112. The Labute approximate surface area is 148 Å². The van der Waals surface area contributed by atoms with E-state index in [9.17, 15) is 4.79 Å². The number of amides is 2. The third kappa shape index (κ3) is 3.66. The molecule has 0 bridgehead atoms. The number of benzene rings is 1. The van der Waals surface area contributed by atoms with Gasteiger partial charge in [-0.25, -0.2) is 4.79 Å². The summed E-state index contributed by atoms with van der Waals surface area (Å²) in [5.74, 6) is -0.492. The number of carbonyl (C=O) groups excluding carboxylic acids is 1. The Balaban J connectivity index is 1.30. The van der Waals surface area contributed by atoms with Crippen molar-refractivity contribution in [2.24, 2.45) is 0 Å². The van der Waals surface area contributed by atoms with Crippen LogP contribution in [0.5, 0.6) is 0 Å². The van der Waals surface area contributed by atoms with E-state index in [1.54, 1.807) is 0 Å². The minimum atomic E-state index is -0.492. The number of nitrogens with one attached hydrogen (secondary N) is 1. The van der Waals surface area contributed by atoms with Gasteiger partial charge in [0.05, 0.1) is 25.9 Å². The zero-order chi connectivity index (χ0) is 17.1. The number of hydrogen-bond acceptors (Lipinski definition) is 4. The van der Waals surface area contributed by atoms with Crippen molar-refractivity contribution in [2.45, 2.75) is 43.6 Å². The van der Waals surface area contributed by atoms with E-state index in [4.69, 9.17) is 14.2 Å². The Bertz CT molecular complexity index is 588. The summed E-state index contributed by atoms with van der Waals surface area (Å²) in [7, 11) is 0. The molecule has 3 saturated heterocycles. The van der Waals surface area contributed by atoms with Crippen molar-refractivity contribution in [3.63, 3.8) is 0 Å². The molecule has 0 saturated carbocycles. The van der Waals surface area contributed by atoms with Crippen LogP contribution < -0.4 is 5.32 Å². The predicted octanol–water partition coefficient (Wildman–Crippen LogP) is 2.46. The summed E-state index contributed by atoms with van der Waals surface area (Å²) in [6.45, 7) is 3.16. The van der Waals surface area contributed by atoms with E-state index in [0.29, 0.717) is 26.4 Å². The van der Waals surface area contributed by atoms with Crippen LogP contribution >= 0.6 is 0 Å². The minimum Gasteiger partial charge on any atom is -0.381 e. The SMILES string of the molecule is O=C(NC[C@@H]1COC2(CCOCC2)O1)N1CCC[C@@H]1c1ccccc1. The van der Waals surface area contributed by atoms with Crippen molar-refractivity contribution in [3.8, 4) is 0 Å². The fourth-order valence-corrected chi connectivity index (χ4v) is 4.00. The van der Waals surface area contributed by atoms with Crippen LogP contribution in [-0.4, -0.2) is 55.7 Å². The zero-order valence-electron chi connectivity index (χ0n) is 14.5. The van der Waals surface area contributed by atoms with Gasteiger partial charge in [0.1, 0.15) is 6.10 Å². The first-order chi connectivity index (χ1) is 12.3. The average Bonchev–Trinajstić information content (AvgIpc) is 3.29. The summed E-state index contributed by atoms with van der Waals surface area (Å²) < 4.78 is 17.3. The van der Waals surface area contributed by atoms with Crippen LogP contribution in [0, 0.1) is 0 Å². The maximum atomic E-state index is 12.7. The fourth-order valence-electron chi connectivity index (χ4n) is 4.00. The summed E-state index contributed by atoms with van der Waals surface area (Å²) in [6.07, 6.45) is 3.50. The molecule has 0 aliphatic carbocycles. The maximum absolute atomic E-state index is 12.7. The highest BCUT2D eigenvalue weighted by molar-refractivity contribution is 5.75. The Morgan fingerprint density at radius 1 is 1.24 bits per heavy atom. The highest BCUT2D eigenvalue weighted by Crippen LogP contribution is 2.34. The Hall–Kier alpha value is -1.63. The number of hydrogen-bond donors (Lipinski definition) is 1. The number of urea groups is 1. The van der Waals surface area contributed by atoms with Gasteiger partial charge < -0.3 is 24.4 Å². The van der Waals surface area contributed by atoms with E-state index in [-0.39, 0.29) is 18.2 Å². The quantitative estimate of drug-likeness (QED) is 0.913. The molecule has 3 fully saturated rings. The second-order valence-electron chi connectivity index (χ2n) is 7.02.